The lowest BCUT2D eigenvalue weighted by Crippen LogP contribution is -2.24. The molecule has 2 N–H and O–H groups in total. The van der Waals surface area contributed by atoms with Crippen molar-refractivity contribution in [1.29, 1.82) is 0 Å². The molecule has 1 aliphatic heterocycles. The number of hydrogen-bond donors (Lipinski definition) is 2. The molecule has 3 nitrogen and oxygen atoms in total. The molecule has 0 aliphatic carbocycles. The van der Waals surface area contributed by atoms with Crippen molar-refractivity contribution in [2.45, 2.75) is 6.42 Å². The number of rotatable bonds is 2. The Morgan fingerprint density at radius 3 is 2.88 bits per heavy atom. The van der Waals surface area contributed by atoms with E-state index in [1.165, 1.54) is 0 Å². The van der Waals surface area contributed by atoms with E-state index in [4.69, 9.17) is 0 Å². The monoisotopic (exact) mass is 430 g/mol. The molecule has 2 rings (SSSR count). The number of benzene rings is 1. The fraction of sp³-hybridized carbons (Fsp3) is 0.364. The first kappa shape index (κ1) is 15.2. The minimum absolute atomic E-state index is 0. The molecule has 1 unspecified atom stereocenters. The molecule has 0 aromatic heterocycles. The maximum atomic E-state index is 11.8. The van der Waals surface area contributed by atoms with Gasteiger partial charge in [0.05, 0.1) is 5.92 Å². The molecular weight excluding hydrogens is 418 g/mol. The van der Waals surface area contributed by atoms with Crippen LogP contribution in [-0.4, -0.2) is 19.0 Å². The van der Waals surface area contributed by atoms with Crippen molar-refractivity contribution >= 4 is 62.5 Å². The van der Waals surface area contributed by atoms with Gasteiger partial charge in [0.15, 0.2) is 0 Å². The fourth-order valence-electron chi connectivity index (χ4n) is 1.70. The summed E-state index contributed by atoms with van der Waals surface area (Å²) in [6, 6.07) is 5.82. The van der Waals surface area contributed by atoms with Crippen LogP contribution >= 0.6 is 50.9 Å². The Labute approximate surface area is 129 Å². The highest BCUT2D eigenvalue weighted by Crippen LogP contribution is 2.23. The standard InChI is InChI=1S/C11H12BrIN2O.ClH/c12-9-2-1-8(5-10(9)13)15-11(16)7-3-4-14-6-7;/h1-2,5,7,14H,3-4,6H2,(H,15,16);1H. The van der Waals surface area contributed by atoms with E-state index in [-0.39, 0.29) is 24.2 Å². The Kier molecular flexibility index (Phi) is 6.19. The van der Waals surface area contributed by atoms with E-state index in [1.54, 1.807) is 0 Å². The smallest absolute Gasteiger partial charge is 0.228 e. The summed E-state index contributed by atoms with van der Waals surface area (Å²) < 4.78 is 2.15. The quantitative estimate of drug-likeness (QED) is 0.707. The molecule has 17 heavy (non-hydrogen) atoms. The molecule has 0 radical (unpaired) electrons. The topological polar surface area (TPSA) is 41.1 Å². The number of hydrogen-bond acceptors (Lipinski definition) is 2. The summed E-state index contributed by atoms with van der Waals surface area (Å²) in [6.07, 6.45) is 0.930. The van der Waals surface area contributed by atoms with Crippen molar-refractivity contribution < 1.29 is 4.79 Å². The Balaban J connectivity index is 0.00000144. The van der Waals surface area contributed by atoms with E-state index in [1.807, 2.05) is 18.2 Å². The van der Waals surface area contributed by atoms with Gasteiger partial charge in [-0.3, -0.25) is 4.79 Å². The van der Waals surface area contributed by atoms with E-state index in [0.29, 0.717) is 0 Å². The molecule has 0 spiro atoms. The Morgan fingerprint density at radius 2 is 2.29 bits per heavy atom. The molecule has 1 atom stereocenters. The average molecular weight is 431 g/mol. The Morgan fingerprint density at radius 1 is 1.53 bits per heavy atom. The van der Waals surface area contributed by atoms with Crippen LogP contribution in [0, 0.1) is 9.49 Å². The molecule has 1 heterocycles. The fourth-order valence-corrected chi connectivity index (χ4v) is 2.46. The van der Waals surface area contributed by atoms with E-state index in [9.17, 15) is 4.79 Å². The number of amides is 1. The molecule has 1 amide bonds. The lowest BCUT2D eigenvalue weighted by atomic mass is 10.1. The van der Waals surface area contributed by atoms with Crippen LogP contribution < -0.4 is 10.6 Å². The highest BCUT2D eigenvalue weighted by atomic mass is 127. The van der Waals surface area contributed by atoms with Crippen molar-refractivity contribution in [3.05, 3.63) is 26.2 Å². The van der Waals surface area contributed by atoms with Gasteiger partial charge in [-0.15, -0.1) is 12.4 Å². The zero-order chi connectivity index (χ0) is 11.5. The molecule has 1 fully saturated rings. The highest BCUT2D eigenvalue weighted by Gasteiger charge is 2.22. The van der Waals surface area contributed by atoms with Gasteiger partial charge >= 0.3 is 0 Å². The molecule has 1 aromatic carbocycles. The summed E-state index contributed by atoms with van der Waals surface area (Å²) in [5, 5.41) is 6.14. The molecule has 1 aromatic rings. The third-order valence-electron chi connectivity index (χ3n) is 2.62. The molecule has 1 saturated heterocycles. The minimum atomic E-state index is 0. The minimum Gasteiger partial charge on any atom is -0.326 e. The van der Waals surface area contributed by atoms with Gasteiger partial charge in [-0.1, -0.05) is 0 Å². The molecule has 0 saturated carbocycles. The van der Waals surface area contributed by atoms with Gasteiger partial charge in [0.25, 0.3) is 0 Å². The van der Waals surface area contributed by atoms with Gasteiger partial charge in [0.1, 0.15) is 0 Å². The van der Waals surface area contributed by atoms with Gasteiger partial charge in [-0.05, 0) is 69.7 Å². The molecule has 6 heteroatoms. The first-order valence-corrected chi connectivity index (χ1v) is 7.00. The summed E-state index contributed by atoms with van der Waals surface area (Å²) in [4.78, 5) is 11.8. The highest BCUT2D eigenvalue weighted by molar-refractivity contribution is 14.1. The van der Waals surface area contributed by atoms with E-state index >= 15 is 0 Å². The molecule has 0 bridgehead atoms. The summed E-state index contributed by atoms with van der Waals surface area (Å²) in [5.74, 6) is 0.226. The molecule has 94 valence electrons. The van der Waals surface area contributed by atoms with Crippen LogP contribution in [0.4, 0.5) is 5.69 Å². The van der Waals surface area contributed by atoms with Crippen molar-refractivity contribution in [2.75, 3.05) is 18.4 Å². The van der Waals surface area contributed by atoms with E-state index in [2.05, 4.69) is 49.2 Å². The summed E-state index contributed by atoms with van der Waals surface area (Å²) >= 11 is 5.67. The number of anilines is 1. The normalized spacial score (nSPS) is 18.6. The van der Waals surface area contributed by atoms with Gasteiger partial charge in [-0.2, -0.15) is 0 Å². The van der Waals surface area contributed by atoms with Crippen LogP contribution in [0.2, 0.25) is 0 Å². The first-order chi connectivity index (χ1) is 7.66. The molecular formula is C11H13BrClIN2O. The predicted octanol–water partition coefficient (Wildman–Crippen LogP) is 3.02. The summed E-state index contributed by atoms with van der Waals surface area (Å²) in [7, 11) is 0. The van der Waals surface area contributed by atoms with Crippen molar-refractivity contribution in [2.24, 2.45) is 5.92 Å². The predicted molar refractivity (Wildman–Crippen MR) is 83.7 cm³/mol. The van der Waals surface area contributed by atoms with Crippen molar-refractivity contribution in [3.8, 4) is 0 Å². The van der Waals surface area contributed by atoms with E-state index in [0.717, 1.165) is 33.2 Å². The van der Waals surface area contributed by atoms with Crippen LogP contribution in [0.1, 0.15) is 6.42 Å². The number of nitrogens with one attached hydrogen (secondary N) is 2. The maximum absolute atomic E-state index is 11.8. The van der Waals surface area contributed by atoms with Gasteiger partial charge in [-0.25, -0.2) is 0 Å². The number of carbonyl (C=O) groups excluding carboxylic acids is 1. The Hall–Kier alpha value is 0.150. The maximum Gasteiger partial charge on any atom is 0.228 e. The number of halogens is 3. The van der Waals surface area contributed by atoms with Gasteiger partial charge in [0.2, 0.25) is 5.91 Å². The average Bonchev–Trinajstić information content (AvgIpc) is 2.77. The second-order valence-corrected chi connectivity index (χ2v) is 5.82. The first-order valence-electron chi connectivity index (χ1n) is 5.13. The van der Waals surface area contributed by atoms with Crippen LogP contribution in [-0.2, 0) is 4.79 Å². The van der Waals surface area contributed by atoms with E-state index < -0.39 is 0 Å². The second kappa shape index (κ2) is 6.92. The summed E-state index contributed by atoms with van der Waals surface area (Å²) in [5.41, 5.74) is 0.865. The molecule has 1 aliphatic rings. The zero-order valence-corrected chi connectivity index (χ0v) is 13.6. The largest absolute Gasteiger partial charge is 0.326 e. The van der Waals surface area contributed by atoms with Crippen molar-refractivity contribution in [1.82, 2.24) is 5.32 Å². The van der Waals surface area contributed by atoms with Gasteiger partial charge in [0, 0.05) is 20.3 Å². The van der Waals surface area contributed by atoms with Crippen LogP contribution in [0.15, 0.2) is 22.7 Å². The third-order valence-corrected chi connectivity index (χ3v) is 4.94. The second-order valence-electron chi connectivity index (χ2n) is 3.81. The van der Waals surface area contributed by atoms with Gasteiger partial charge < -0.3 is 10.6 Å². The van der Waals surface area contributed by atoms with Crippen LogP contribution in [0.3, 0.4) is 0 Å². The SMILES string of the molecule is Cl.O=C(Nc1ccc(Br)c(I)c1)C1CCNC1. The summed E-state index contributed by atoms with van der Waals surface area (Å²) in [6.45, 7) is 1.73. The van der Waals surface area contributed by atoms with Crippen LogP contribution in [0.25, 0.3) is 0 Å². The lowest BCUT2D eigenvalue weighted by Gasteiger charge is -2.10. The third kappa shape index (κ3) is 4.08. The Bertz CT molecular complexity index is 410. The van der Waals surface area contributed by atoms with Crippen LogP contribution in [0.5, 0.6) is 0 Å². The lowest BCUT2D eigenvalue weighted by molar-refractivity contribution is -0.119. The number of carbonyl (C=O) groups is 1. The zero-order valence-electron chi connectivity index (χ0n) is 9.00. The van der Waals surface area contributed by atoms with Crippen molar-refractivity contribution in [3.63, 3.8) is 0 Å².